The molecule has 3 aromatic heterocycles. The number of nitrogens with one attached hydrogen (secondary N) is 3. The van der Waals surface area contributed by atoms with Crippen LogP contribution in [0.3, 0.4) is 0 Å². The van der Waals surface area contributed by atoms with E-state index in [2.05, 4.69) is 67.8 Å². The lowest BCUT2D eigenvalue weighted by molar-refractivity contribution is 0.670. The molecule has 5 rings (SSSR count). The second-order valence-corrected chi connectivity index (χ2v) is 8.84. The number of imidazole rings is 1. The third-order valence-corrected chi connectivity index (χ3v) is 6.31. The summed E-state index contributed by atoms with van der Waals surface area (Å²) in [6, 6.07) is 16.6. The summed E-state index contributed by atoms with van der Waals surface area (Å²) < 4.78 is 0. The van der Waals surface area contributed by atoms with E-state index in [1.165, 1.54) is 11.1 Å². The highest BCUT2D eigenvalue weighted by Gasteiger charge is 2.10. The summed E-state index contributed by atoms with van der Waals surface area (Å²) in [5.41, 5.74) is 5.43. The first-order valence-corrected chi connectivity index (χ1v) is 11.6. The van der Waals surface area contributed by atoms with E-state index < -0.39 is 0 Å². The summed E-state index contributed by atoms with van der Waals surface area (Å²) in [6.07, 6.45) is 3.33. The number of rotatable bonds is 9. The maximum absolute atomic E-state index is 4.79. The second kappa shape index (κ2) is 9.42. The van der Waals surface area contributed by atoms with Crippen LogP contribution in [0.4, 0.5) is 5.82 Å². The first-order chi connectivity index (χ1) is 15.7. The zero-order valence-electron chi connectivity index (χ0n) is 17.9. The molecule has 0 atom stereocenters. The van der Waals surface area contributed by atoms with Gasteiger partial charge in [0.1, 0.15) is 22.5 Å². The van der Waals surface area contributed by atoms with Gasteiger partial charge in [-0.3, -0.25) is 0 Å². The average Bonchev–Trinajstić information content (AvgIpc) is 3.41. The Labute approximate surface area is 190 Å². The molecular formula is C24H25N7S. The normalized spacial score (nSPS) is 11.4. The van der Waals surface area contributed by atoms with Crippen molar-refractivity contribution in [3.63, 3.8) is 0 Å². The fourth-order valence-corrected chi connectivity index (χ4v) is 4.54. The lowest BCUT2D eigenvalue weighted by atomic mass is 10.2. The Bertz CT molecular complexity index is 1330. The van der Waals surface area contributed by atoms with Crippen molar-refractivity contribution in [2.24, 2.45) is 0 Å². The predicted molar refractivity (Wildman–Crippen MR) is 130 cm³/mol. The third-order valence-electron chi connectivity index (χ3n) is 5.28. The minimum absolute atomic E-state index is 0.711. The fourth-order valence-electron chi connectivity index (χ4n) is 3.64. The fraction of sp³-hybridized carbons (Fsp3) is 0.250. The predicted octanol–water partition coefficient (Wildman–Crippen LogP) is 4.26. The first-order valence-electron chi connectivity index (χ1n) is 10.8. The molecule has 32 heavy (non-hydrogen) atoms. The maximum atomic E-state index is 4.79. The highest BCUT2D eigenvalue weighted by molar-refractivity contribution is 7.18. The minimum atomic E-state index is 0.711. The summed E-state index contributed by atoms with van der Waals surface area (Å²) in [5.74, 6) is 1.80. The Kier molecular flexibility index (Phi) is 6.04. The number of aromatic amines is 1. The molecule has 0 bridgehead atoms. The number of hydrogen-bond donors (Lipinski definition) is 3. The molecule has 0 aliphatic heterocycles. The third kappa shape index (κ3) is 4.76. The number of nitrogens with zero attached hydrogens (tertiary/aromatic N) is 4. The maximum Gasteiger partial charge on any atom is 0.157 e. The standard InChI is InChI=1S/C24H25N7S/c1-16-7-8-18-19(13-16)30-20(29-18)9-11-25-12-10-21-31-22-23(27-15-28-24(22)32-21)26-14-17-5-3-2-4-6-17/h2-8,13,15,25H,9-12,14H2,1H3,(H,29,30)(H,26,27,28). The van der Waals surface area contributed by atoms with Gasteiger partial charge in [-0.05, 0) is 30.2 Å². The van der Waals surface area contributed by atoms with Crippen molar-refractivity contribution in [2.75, 3.05) is 18.4 Å². The average molecular weight is 444 g/mol. The molecule has 0 fully saturated rings. The van der Waals surface area contributed by atoms with Crippen molar-refractivity contribution in [3.05, 3.63) is 76.8 Å². The van der Waals surface area contributed by atoms with Crippen molar-refractivity contribution >= 4 is 38.5 Å². The first kappa shape index (κ1) is 20.5. The number of aromatic nitrogens is 5. The van der Waals surface area contributed by atoms with E-state index in [4.69, 9.17) is 4.98 Å². The van der Waals surface area contributed by atoms with E-state index in [9.17, 15) is 0 Å². The van der Waals surface area contributed by atoms with Crippen LogP contribution in [0.15, 0.2) is 54.9 Å². The van der Waals surface area contributed by atoms with Crippen LogP contribution in [0.2, 0.25) is 0 Å². The van der Waals surface area contributed by atoms with E-state index in [-0.39, 0.29) is 0 Å². The van der Waals surface area contributed by atoms with Crippen LogP contribution in [0.25, 0.3) is 21.4 Å². The van der Waals surface area contributed by atoms with Crippen molar-refractivity contribution in [1.82, 2.24) is 30.2 Å². The van der Waals surface area contributed by atoms with Crippen molar-refractivity contribution in [1.29, 1.82) is 0 Å². The summed E-state index contributed by atoms with van der Waals surface area (Å²) in [5, 5.41) is 7.96. The van der Waals surface area contributed by atoms with Gasteiger partial charge in [0.15, 0.2) is 5.82 Å². The summed E-state index contributed by atoms with van der Waals surface area (Å²) in [6.45, 7) is 4.53. The Morgan fingerprint density at radius 2 is 1.84 bits per heavy atom. The van der Waals surface area contributed by atoms with Crippen LogP contribution in [0.5, 0.6) is 0 Å². The number of hydrogen-bond acceptors (Lipinski definition) is 7. The number of aryl methyl sites for hydroxylation is 1. The molecule has 0 saturated heterocycles. The van der Waals surface area contributed by atoms with Crippen LogP contribution in [0.1, 0.15) is 22.0 Å². The molecular weight excluding hydrogens is 418 g/mol. The number of benzene rings is 2. The SMILES string of the molecule is Cc1ccc2nc(CCNCCc3nc4c(NCc5ccccc5)ncnc4s3)[nH]c2c1. The molecule has 7 nitrogen and oxygen atoms in total. The Hall–Kier alpha value is -3.36. The molecule has 0 spiro atoms. The number of anilines is 1. The van der Waals surface area contributed by atoms with Gasteiger partial charge in [-0.1, -0.05) is 47.7 Å². The molecule has 0 aliphatic rings. The highest BCUT2D eigenvalue weighted by atomic mass is 32.1. The van der Waals surface area contributed by atoms with E-state index >= 15 is 0 Å². The summed E-state index contributed by atoms with van der Waals surface area (Å²) >= 11 is 1.63. The number of thiazole rings is 1. The summed E-state index contributed by atoms with van der Waals surface area (Å²) in [7, 11) is 0. The summed E-state index contributed by atoms with van der Waals surface area (Å²) in [4.78, 5) is 22.6. The van der Waals surface area contributed by atoms with Crippen LogP contribution < -0.4 is 10.6 Å². The molecule has 8 heteroatoms. The van der Waals surface area contributed by atoms with Gasteiger partial charge in [0.05, 0.1) is 16.0 Å². The van der Waals surface area contributed by atoms with E-state index in [0.717, 1.165) is 64.0 Å². The molecule has 0 saturated carbocycles. The molecule has 2 aromatic carbocycles. The highest BCUT2D eigenvalue weighted by Crippen LogP contribution is 2.25. The monoisotopic (exact) mass is 443 g/mol. The molecule has 5 aromatic rings. The molecule has 3 N–H and O–H groups in total. The van der Waals surface area contributed by atoms with E-state index in [1.54, 1.807) is 17.7 Å². The lowest BCUT2D eigenvalue weighted by Crippen LogP contribution is -2.20. The quantitative estimate of drug-likeness (QED) is 0.295. The Morgan fingerprint density at radius 1 is 0.969 bits per heavy atom. The Balaban J connectivity index is 1.14. The molecule has 3 heterocycles. The lowest BCUT2D eigenvalue weighted by Gasteiger charge is -2.05. The van der Waals surface area contributed by atoms with Crippen molar-refractivity contribution in [3.8, 4) is 0 Å². The van der Waals surface area contributed by atoms with Gasteiger partial charge < -0.3 is 15.6 Å². The van der Waals surface area contributed by atoms with Gasteiger partial charge in [-0.15, -0.1) is 0 Å². The van der Waals surface area contributed by atoms with Crippen LogP contribution in [-0.2, 0) is 19.4 Å². The van der Waals surface area contributed by atoms with Gasteiger partial charge in [0.25, 0.3) is 0 Å². The molecule has 0 aliphatic carbocycles. The zero-order chi connectivity index (χ0) is 21.8. The van der Waals surface area contributed by atoms with Gasteiger partial charge in [-0.2, -0.15) is 0 Å². The minimum Gasteiger partial charge on any atom is -0.364 e. The molecule has 0 unspecified atom stereocenters. The Morgan fingerprint density at radius 3 is 2.75 bits per heavy atom. The van der Waals surface area contributed by atoms with Crippen LogP contribution in [-0.4, -0.2) is 38.0 Å². The van der Waals surface area contributed by atoms with Crippen molar-refractivity contribution in [2.45, 2.75) is 26.3 Å². The number of H-pyrrole nitrogens is 1. The van der Waals surface area contributed by atoms with Gasteiger partial charge >= 0.3 is 0 Å². The van der Waals surface area contributed by atoms with Gasteiger partial charge in [0.2, 0.25) is 0 Å². The second-order valence-electron chi connectivity index (χ2n) is 7.78. The van der Waals surface area contributed by atoms with Gasteiger partial charge in [0, 0.05) is 32.5 Å². The van der Waals surface area contributed by atoms with E-state index in [1.807, 2.05) is 18.2 Å². The molecule has 162 valence electrons. The van der Waals surface area contributed by atoms with Gasteiger partial charge in [-0.25, -0.2) is 19.9 Å². The smallest absolute Gasteiger partial charge is 0.157 e. The number of fused-ring (bicyclic) bond motifs is 2. The molecule has 0 radical (unpaired) electrons. The topological polar surface area (TPSA) is 91.4 Å². The van der Waals surface area contributed by atoms with Crippen LogP contribution >= 0.6 is 11.3 Å². The van der Waals surface area contributed by atoms with E-state index in [0.29, 0.717) is 6.54 Å². The van der Waals surface area contributed by atoms with Crippen LogP contribution in [0, 0.1) is 6.92 Å². The molecule has 0 amide bonds. The largest absolute Gasteiger partial charge is 0.364 e. The van der Waals surface area contributed by atoms with Crippen molar-refractivity contribution < 1.29 is 0 Å². The zero-order valence-corrected chi connectivity index (χ0v) is 18.7.